The Morgan fingerprint density at radius 2 is 2.28 bits per heavy atom. The van der Waals surface area contributed by atoms with Crippen LogP contribution in [0.1, 0.15) is 5.56 Å². The Morgan fingerprint density at radius 1 is 1.50 bits per heavy atom. The Labute approximate surface area is 121 Å². The Balaban J connectivity index is 0.00000162. The molecule has 0 bridgehead atoms. The van der Waals surface area contributed by atoms with Crippen LogP contribution in [0.2, 0.25) is 0 Å². The van der Waals surface area contributed by atoms with Crippen molar-refractivity contribution >= 4 is 28.3 Å². The SMILES string of the molecule is Cl.NCC1CN(Cc2ccc(F)c(Br)c2)CCO1. The first kappa shape index (κ1) is 15.9. The monoisotopic (exact) mass is 338 g/mol. The van der Waals surface area contributed by atoms with Crippen molar-refractivity contribution in [3.8, 4) is 0 Å². The fraction of sp³-hybridized carbons (Fsp3) is 0.500. The van der Waals surface area contributed by atoms with E-state index in [0.717, 1.165) is 25.2 Å². The van der Waals surface area contributed by atoms with Gasteiger partial charge in [-0.05, 0) is 33.6 Å². The Kier molecular flexibility index (Phi) is 6.52. The molecule has 1 heterocycles. The fourth-order valence-corrected chi connectivity index (χ4v) is 2.39. The average molecular weight is 340 g/mol. The second-order valence-electron chi connectivity index (χ2n) is 4.21. The van der Waals surface area contributed by atoms with E-state index in [2.05, 4.69) is 20.8 Å². The number of nitrogens with two attached hydrogens (primary N) is 1. The lowest BCUT2D eigenvalue weighted by Crippen LogP contribution is -2.45. The Morgan fingerprint density at radius 3 is 2.94 bits per heavy atom. The van der Waals surface area contributed by atoms with Gasteiger partial charge in [-0.3, -0.25) is 4.90 Å². The first-order valence-electron chi connectivity index (χ1n) is 5.67. The number of hydrogen-bond donors (Lipinski definition) is 1. The largest absolute Gasteiger partial charge is 0.374 e. The molecule has 0 saturated carbocycles. The number of nitrogens with zero attached hydrogens (tertiary/aromatic N) is 1. The molecule has 1 aromatic rings. The van der Waals surface area contributed by atoms with Gasteiger partial charge in [0.05, 0.1) is 17.2 Å². The molecule has 1 aliphatic heterocycles. The van der Waals surface area contributed by atoms with Crippen molar-refractivity contribution < 1.29 is 9.13 Å². The van der Waals surface area contributed by atoms with Gasteiger partial charge in [0.2, 0.25) is 0 Å². The van der Waals surface area contributed by atoms with Gasteiger partial charge in [0, 0.05) is 26.2 Å². The van der Waals surface area contributed by atoms with E-state index in [1.54, 1.807) is 0 Å². The van der Waals surface area contributed by atoms with Crippen LogP contribution in [0, 0.1) is 5.82 Å². The molecule has 1 atom stereocenters. The van der Waals surface area contributed by atoms with Crippen molar-refractivity contribution in [2.75, 3.05) is 26.2 Å². The first-order valence-corrected chi connectivity index (χ1v) is 6.46. The quantitative estimate of drug-likeness (QED) is 0.917. The van der Waals surface area contributed by atoms with E-state index in [0.29, 0.717) is 17.6 Å². The van der Waals surface area contributed by atoms with Gasteiger partial charge in [0.15, 0.2) is 0 Å². The van der Waals surface area contributed by atoms with Crippen LogP contribution in [0.3, 0.4) is 0 Å². The molecule has 2 N–H and O–H groups in total. The normalized spacial score (nSPS) is 20.5. The van der Waals surface area contributed by atoms with E-state index in [9.17, 15) is 4.39 Å². The lowest BCUT2D eigenvalue weighted by molar-refractivity contribution is -0.0260. The van der Waals surface area contributed by atoms with Crippen LogP contribution in [0.25, 0.3) is 0 Å². The van der Waals surface area contributed by atoms with Gasteiger partial charge in [-0.1, -0.05) is 6.07 Å². The fourth-order valence-electron chi connectivity index (χ4n) is 1.96. The predicted molar refractivity (Wildman–Crippen MR) is 75.4 cm³/mol. The zero-order valence-corrected chi connectivity index (χ0v) is 12.3. The van der Waals surface area contributed by atoms with E-state index in [1.165, 1.54) is 6.07 Å². The van der Waals surface area contributed by atoms with Crippen LogP contribution >= 0.6 is 28.3 Å². The maximum Gasteiger partial charge on any atom is 0.137 e. The maximum absolute atomic E-state index is 13.1. The smallest absolute Gasteiger partial charge is 0.137 e. The highest BCUT2D eigenvalue weighted by Gasteiger charge is 2.19. The minimum absolute atomic E-state index is 0. The van der Waals surface area contributed by atoms with E-state index >= 15 is 0 Å². The van der Waals surface area contributed by atoms with Crippen molar-refractivity contribution in [2.45, 2.75) is 12.6 Å². The summed E-state index contributed by atoms with van der Waals surface area (Å²) in [6, 6.07) is 5.12. The van der Waals surface area contributed by atoms with Crippen molar-refractivity contribution in [2.24, 2.45) is 5.73 Å². The van der Waals surface area contributed by atoms with Gasteiger partial charge in [-0.2, -0.15) is 0 Å². The van der Waals surface area contributed by atoms with Crippen molar-refractivity contribution in [1.29, 1.82) is 0 Å². The first-order chi connectivity index (χ1) is 8.19. The second-order valence-corrected chi connectivity index (χ2v) is 5.07. The molecule has 102 valence electrons. The van der Waals surface area contributed by atoms with Gasteiger partial charge >= 0.3 is 0 Å². The Hall–Kier alpha value is -0.200. The molecule has 0 amide bonds. The molecule has 1 aliphatic rings. The molecule has 1 saturated heterocycles. The molecule has 0 radical (unpaired) electrons. The standard InChI is InChI=1S/C12H16BrFN2O.ClH/c13-11-5-9(1-2-12(11)14)7-16-3-4-17-10(6-15)8-16;/h1-2,5,10H,3-4,6-8,15H2;1H. The molecule has 3 nitrogen and oxygen atoms in total. The molecule has 1 fully saturated rings. The summed E-state index contributed by atoms with van der Waals surface area (Å²) >= 11 is 3.20. The lowest BCUT2D eigenvalue weighted by Gasteiger charge is -2.32. The number of halogens is 3. The van der Waals surface area contributed by atoms with Gasteiger partial charge < -0.3 is 10.5 Å². The number of morpholine rings is 1. The summed E-state index contributed by atoms with van der Waals surface area (Å²) in [4.78, 5) is 2.28. The predicted octanol–water partition coefficient (Wildman–Crippen LogP) is 2.17. The molecule has 2 rings (SSSR count). The third-order valence-corrected chi connectivity index (χ3v) is 3.48. The molecule has 0 aliphatic carbocycles. The third kappa shape index (κ3) is 4.17. The molecule has 1 unspecified atom stereocenters. The second kappa shape index (κ2) is 7.40. The zero-order valence-electron chi connectivity index (χ0n) is 9.94. The van der Waals surface area contributed by atoms with Gasteiger partial charge in [-0.25, -0.2) is 4.39 Å². The number of hydrogen-bond acceptors (Lipinski definition) is 3. The van der Waals surface area contributed by atoms with Crippen LogP contribution in [0.4, 0.5) is 4.39 Å². The topological polar surface area (TPSA) is 38.5 Å². The van der Waals surface area contributed by atoms with Gasteiger partial charge in [0.1, 0.15) is 5.82 Å². The number of benzene rings is 1. The molecule has 6 heteroatoms. The highest BCUT2D eigenvalue weighted by molar-refractivity contribution is 9.10. The van der Waals surface area contributed by atoms with Crippen LogP contribution < -0.4 is 5.73 Å². The van der Waals surface area contributed by atoms with E-state index in [-0.39, 0.29) is 24.3 Å². The highest BCUT2D eigenvalue weighted by atomic mass is 79.9. The van der Waals surface area contributed by atoms with Gasteiger partial charge in [0.25, 0.3) is 0 Å². The van der Waals surface area contributed by atoms with Gasteiger partial charge in [-0.15, -0.1) is 12.4 Å². The summed E-state index contributed by atoms with van der Waals surface area (Å²) < 4.78 is 19.1. The van der Waals surface area contributed by atoms with Crippen LogP contribution in [0.15, 0.2) is 22.7 Å². The van der Waals surface area contributed by atoms with Crippen LogP contribution in [0.5, 0.6) is 0 Å². The summed E-state index contributed by atoms with van der Waals surface area (Å²) in [7, 11) is 0. The molecule has 1 aromatic carbocycles. The third-order valence-electron chi connectivity index (χ3n) is 2.88. The van der Waals surface area contributed by atoms with Crippen LogP contribution in [-0.4, -0.2) is 37.2 Å². The van der Waals surface area contributed by atoms with Crippen LogP contribution in [-0.2, 0) is 11.3 Å². The molecular formula is C12H17BrClFN2O. The average Bonchev–Trinajstić information content (AvgIpc) is 2.34. The summed E-state index contributed by atoms with van der Waals surface area (Å²) in [6.07, 6.45) is 0.118. The number of rotatable bonds is 3. The summed E-state index contributed by atoms with van der Waals surface area (Å²) in [5, 5.41) is 0. The molecule has 0 spiro atoms. The number of ether oxygens (including phenoxy) is 1. The molecular weight excluding hydrogens is 323 g/mol. The molecule has 0 aromatic heterocycles. The minimum atomic E-state index is -0.226. The molecule has 18 heavy (non-hydrogen) atoms. The maximum atomic E-state index is 13.1. The van der Waals surface area contributed by atoms with E-state index in [4.69, 9.17) is 10.5 Å². The summed E-state index contributed by atoms with van der Waals surface area (Å²) in [5.41, 5.74) is 6.69. The Bertz CT molecular complexity index is 394. The minimum Gasteiger partial charge on any atom is -0.374 e. The summed E-state index contributed by atoms with van der Waals surface area (Å²) in [5.74, 6) is -0.226. The van der Waals surface area contributed by atoms with E-state index in [1.807, 2.05) is 12.1 Å². The summed E-state index contributed by atoms with van der Waals surface area (Å²) in [6.45, 7) is 3.80. The lowest BCUT2D eigenvalue weighted by atomic mass is 10.2. The van der Waals surface area contributed by atoms with Crippen molar-refractivity contribution in [3.05, 3.63) is 34.1 Å². The van der Waals surface area contributed by atoms with Crippen molar-refractivity contribution in [1.82, 2.24) is 4.90 Å². The highest BCUT2D eigenvalue weighted by Crippen LogP contribution is 2.18. The zero-order chi connectivity index (χ0) is 12.3. The van der Waals surface area contributed by atoms with E-state index < -0.39 is 0 Å². The van der Waals surface area contributed by atoms with Crippen molar-refractivity contribution in [3.63, 3.8) is 0 Å².